The van der Waals surface area contributed by atoms with Crippen molar-refractivity contribution in [1.29, 1.82) is 0 Å². The maximum absolute atomic E-state index is 11.2. The van der Waals surface area contributed by atoms with Crippen molar-refractivity contribution < 1.29 is 19.8 Å². The van der Waals surface area contributed by atoms with Gasteiger partial charge in [0.25, 0.3) is 5.91 Å². The van der Waals surface area contributed by atoms with Crippen molar-refractivity contribution >= 4 is 11.9 Å². The number of carboxylic acids is 1. The number of carbonyl (C=O) groups is 2. The average Bonchev–Trinajstić information content (AvgIpc) is 2.34. The second kappa shape index (κ2) is 6.30. The highest BCUT2D eigenvalue weighted by Crippen LogP contribution is 1.94. The van der Waals surface area contributed by atoms with Gasteiger partial charge in [0.05, 0.1) is 6.54 Å². The SMILES string of the molecule is O=C(C#Cc1ccccc1)NC[C@H](O)C(=O)O. The number of rotatable bonds is 3. The third-order valence-corrected chi connectivity index (χ3v) is 1.84. The summed E-state index contributed by atoms with van der Waals surface area (Å²) in [5, 5.41) is 19.5. The Kier molecular flexibility index (Phi) is 4.73. The number of benzene rings is 1. The van der Waals surface area contributed by atoms with Crippen LogP contribution >= 0.6 is 0 Å². The Morgan fingerprint density at radius 2 is 1.94 bits per heavy atom. The Labute approximate surface area is 98.1 Å². The molecule has 0 bridgehead atoms. The summed E-state index contributed by atoms with van der Waals surface area (Å²) < 4.78 is 0. The molecule has 17 heavy (non-hydrogen) atoms. The molecule has 0 aliphatic heterocycles. The normalized spacial score (nSPS) is 10.9. The smallest absolute Gasteiger partial charge is 0.334 e. The van der Waals surface area contributed by atoms with E-state index >= 15 is 0 Å². The molecular formula is C12H11NO4. The molecule has 1 rings (SSSR count). The second-order valence-electron chi connectivity index (χ2n) is 3.18. The molecule has 0 saturated heterocycles. The van der Waals surface area contributed by atoms with Gasteiger partial charge in [0.1, 0.15) is 0 Å². The lowest BCUT2D eigenvalue weighted by molar-refractivity contribution is -0.146. The van der Waals surface area contributed by atoms with E-state index in [1.807, 2.05) is 6.07 Å². The van der Waals surface area contributed by atoms with Crippen LogP contribution in [0.3, 0.4) is 0 Å². The number of hydrogen-bond acceptors (Lipinski definition) is 3. The standard InChI is InChI=1S/C12H11NO4/c14-10(12(16)17)8-13-11(15)7-6-9-4-2-1-3-5-9/h1-5,10,14H,8H2,(H,13,15)(H,16,17)/t10-/m0/s1. The number of aliphatic hydroxyl groups excluding tert-OH is 1. The van der Waals surface area contributed by atoms with Gasteiger partial charge in [-0.15, -0.1) is 0 Å². The summed E-state index contributed by atoms with van der Waals surface area (Å²) in [6.45, 7) is -0.363. The van der Waals surface area contributed by atoms with E-state index in [1.165, 1.54) is 0 Å². The largest absolute Gasteiger partial charge is 0.479 e. The van der Waals surface area contributed by atoms with Crippen molar-refractivity contribution in [2.45, 2.75) is 6.10 Å². The second-order valence-corrected chi connectivity index (χ2v) is 3.18. The molecule has 1 amide bonds. The molecule has 0 radical (unpaired) electrons. The fourth-order valence-corrected chi connectivity index (χ4v) is 0.971. The van der Waals surface area contributed by atoms with E-state index in [4.69, 9.17) is 10.2 Å². The van der Waals surface area contributed by atoms with Crippen molar-refractivity contribution in [1.82, 2.24) is 5.32 Å². The third kappa shape index (κ3) is 4.82. The fraction of sp³-hybridized carbons (Fsp3) is 0.167. The van der Waals surface area contributed by atoms with Crippen LogP contribution in [-0.4, -0.2) is 34.7 Å². The zero-order chi connectivity index (χ0) is 12.7. The van der Waals surface area contributed by atoms with Crippen LogP contribution < -0.4 is 5.32 Å². The van der Waals surface area contributed by atoms with Gasteiger partial charge in [-0.1, -0.05) is 24.1 Å². The first kappa shape index (κ1) is 12.7. The number of amides is 1. The molecule has 1 aromatic rings. The van der Waals surface area contributed by atoms with Gasteiger partial charge in [0.2, 0.25) is 0 Å². The van der Waals surface area contributed by atoms with Gasteiger partial charge >= 0.3 is 5.97 Å². The van der Waals surface area contributed by atoms with E-state index in [-0.39, 0.29) is 6.54 Å². The Hall–Kier alpha value is -2.32. The van der Waals surface area contributed by atoms with Crippen molar-refractivity contribution in [3.8, 4) is 11.8 Å². The first-order valence-electron chi connectivity index (χ1n) is 4.85. The maximum atomic E-state index is 11.2. The zero-order valence-electron chi connectivity index (χ0n) is 8.88. The van der Waals surface area contributed by atoms with E-state index in [0.29, 0.717) is 5.56 Å². The van der Waals surface area contributed by atoms with Gasteiger partial charge in [0.15, 0.2) is 6.10 Å². The summed E-state index contributed by atoms with van der Waals surface area (Å²) in [6.07, 6.45) is -1.61. The summed E-state index contributed by atoms with van der Waals surface area (Å²) in [7, 11) is 0. The highest BCUT2D eigenvalue weighted by atomic mass is 16.4. The van der Waals surface area contributed by atoms with Crippen molar-refractivity contribution in [2.24, 2.45) is 0 Å². The Morgan fingerprint density at radius 3 is 2.53 bits per heavy atom. The number of nitrogens with one attached hydrogen (secondary N) is 1. The first-order valence-corrected chi connectivity index (χ1v) is 4.85. The molecule has 0 heterocycles. The predicted octanol–water partition coefficient (Wildman–Crippen LogP) is -0.400. The van der Waals surface area contributed by atoms with Gasteiger partial charge in [-0.3, -0.25) is 4.79 Å². The van der Waals surface area contributed by atoms with Gasteiger partial charge < -0.3 is 15.5 Å². The van der Waals surface area contributed by atoms with Crippen LogP contribution in [-0.2, 0) is 9.59 Å². The number of aliphatic carboxylic acids is 1. The maximum Gasteiger partial charge on any atom is 0.334 e. The van der Waals surface area contributed by atoms with E-state index < -0.39 is 18.0 Å². The lowest BCUT2D eigenvalue weighted by Gasteiger charge is -2.03. The summed E-state index contributed by atoms with van der Waals surface area (Å²) in [4.78, 5) is 21.4. The summed E-state index contributed by atoms with van der Waals surface area (Å²) >= 11 is 0. The minimum atomic E-state index is -1.61. The van der Waals surface area contributed by atoms with E-state index in [1.54, 1.807) is 24.3 Å². The van der Waals surface area contributed by atoms with Crippen LogP contribution in [0.25, 0.3) is 0 Å². The summed E-state index contributed by atoms with van der Waals surface area (Å²) in [5.74, 6) is 2.88. The zero-order valence-corrected chi connectivity index (χ0v) is 8.88. The van der Waals surface area contributed by atoms with Gasteiger partial charge in [-0.05, 0) is 12.1 Å². The van der Waals surface area contributed by atoms with Crippen LogP contribution in [0.4, 0.5) is 0 Å². The topological polar surface area (TPSA) is 86.6 Å². The van der Waals surface area contributed by atoms with E-state index in [2.05, 4.69) is 17.2 Å². The number of hydrogen-bond donors (Lipinski definition) is 3. The average molecular weight is 233 g/mol. The number of aliphatic hydroxyl groups is 1. The highest BCUT2D eigenvalue weighted by Gasteiger charge is 2.12. The highest BCUT2D eigenvalue weighted by molar-refractivity contribution is 5.94. The minimum absolute atomic E-state index is 0.363. The summed E-state index contributed by atoms with van der Waals surface area (Å²) in [5.41, 5.74) is 0.682. The van der Waals surface area contributed by atoms with Crippen LogP contribution in [0.15, 0.2) is 30.3 Å². The summed E-state index contributed by atoms with van der Waals surface area (Å²) in [6, 6.07) is 8.89. The molecule has 0 unspecified atom stereocenters. The molecular weight excluding hydrogens is 222 g/mol. The lowest BCUT2D eigenvalue weighted by Crippen LogP contribution is -2.35. The molecule has 0 spiro atoms. The quantitative estimate of drug-likeness (QED) is 0.620. The Morgan fingerprint density at radius 1 is 1.29 bits per heavy atom. The van der Waals surface area contributed by atoms with Crippen LogP contribution in [0, 0.1) is 11.8 Å². The molecule has 88 valence electrons. The molecule has 0 aromatic heterocycles. The van der Waals surface area contributed by atoms with E-state index in [0.717, 1.165) is 0 Å². The number of carbonyl (C=O) groups excluding carboxylic acids is 1. The molecule has 5 nitrogen and oxygen atoms in total. The molecule has 5 heteroatoms. The molecule has 0 fully saturated rings. The van der Waals surface area contributed by atoms with Gasteiger partial charge in [-0.2, -0.15) is 0 Å². The molecule has 1 aromatic carbocycles. The molecule has 0 aliphatic carbocycles. The van der Waals surface area contributed by atoms with Crippen LogP contribution in [0.2, 0.25) is 0 Å². The minimum Gasteiger partial charge on any atom is -0.479 e. The molecule has 1 atom stereocenters. The van der Waals surface area contributed by atoms with E-state index in [9.17, 15) is 9.59 Å². The lowest BCUT2D eigenvalue weighted by atomic mass is 10.2. The van der Waals surface area contributed by atoms with Crippen molar-refractivity contribution in [3.63, 3.8) is 0 Å². The third-order valence-electron chi connectivity index (χ3n) is 1.84. The van der Waals surface area contributed by atoms with Gasteiger partial charge in [-0.25, -0.2) is 4.79 Å². The molecule has 3 N–H and O–H groups in total. The van der Waals surface area contributed by atoms with Crippen LogP contribution in [0.1, 0.15) is 5.56 Å². The van der Waals surface area contributed by atoms with Crippen molar-refractivity contribution in [3.05, 3.63) is 35.9 Å². The van der Waals surface area contributed by atoms with Crippen LogP contribution in [0.5, 0.6) is 0 Å². The predicted molar refractivity (Wildman–Crippen MR) is 60.0 cm³/mol. The monoisotopic (exact) mass is 233 g/mol. The fourth-order valence-electron chi connectivity index (χ4n) is 0.971. The Balaban J connectivity index is 2.46. The first-order chi connectivity index (χ1) is 8.09. The molecule has 0 saturated carbocycles. The van der Waals surface area contributed by atoms with Crippen molar-refractivity contribution in [2.75, 3.05) is 6.54 Å². The molecule has 0 aliphatic rings. The number of carboxylic acid groups (broad SMARTS) is 1. The van der Waals surface area contributed by atoms with Gasteiger partial charge in [0, 0.05) is 11.5 Å². The Bertz CT molecular complexity index is 458.